The fourth-order valence-electron chi connectivity index (χ4n) is 3.28. The number of H-pyrrole nitrogens is 1. The van der Waals surface area contributed by atoms with Gasteiger partial charge in [-0.3, -0.25) is 9.59 Å². The molecule has 7 heteroatoms. The number of halogens is 1. The van der Waals surface area contributed by atoms with E-state index in [9.17, 15) is 14.0 Å². The van der Waals surface area contributed by atoms with Crippen molar-refractivity contribution in [3.63, 3.8) is 0 Å². The Morgan fingerprint density at radius 1 is 1.21 bits per heavy atom. The van der Waals surface area contributed by atoms with Gasteiger partial charge in [0.05, 0.1) is 5.56 Å². The molecule has 0 aliphatic carbocycles. The minimum Gasteiger partial charge on any atom is -0.358 e. The molecule has 0 saturated carbocycles. The van der Waals surface area contributed by atoms with E-state index in [4.69, 9.17) is 0 Å². The number of nitrogens with one attached hydrogen (secondary N) is 3. The summed E-state index contributed by atoms with van der Waals surface area (Å²) in [6.45, 7) is 11.2. The Hall–Kier alpha value is -2.93. The minimum atomic E-state index is -0.395. The molecule has 0 spiro atoms. The summed E-state index contributed by atoms with van der Waals surface area (Å²) in [5.41, 5.74) is 4.02. The van der Waals surface area contributed by atoms with Crippen LogP contribution in [0.25, 0.3) is 12.2 Å². The van der Waals surface area contributed by atoms with E-state index in [1.165, 1.54) is 18.2 Å². The van der Waals surface area contributed by atoms with Crippen molar-refractivity contribution in [2.75, 3.05) is 31.5 Å². The molecule has 2 aromatic rings. The third kappa shape index (κ3) is 5.77. The standard InChI is InChI=1S/C22H29FN4O2/c1-5-27(6-2)12-11-24-22(29)21-15(3)19(26-16(21)4)9-7-17-13-18(23)8-10-20(17)25-14-28/h7-10,13-14,26H,5-6,11-12H2,1-4H3,(H,24,29)(H,25,28)/b9-7+. The first kappa shape index (κ1) is 22.4. The van der Waals surface area contributed by atoms with Gasteiger partial charge in [0.2, 0.25) is 6.41 Å². The summed E-state index contributed by atoms with van der Waals surface area (Å²) in [5, 5.41) is 5.53. The van der Waals surface area contributed by atoms with Crippen LogP contribution in [0, 0.1) is 19.7 Å². The van der Waals surface area contributed by atoms with Gasteiger partial charge in [-0.1, -0.05) is 19.9 Å². The van der Waals surface area contributed by atoms with Gasteiger partial charge in [-0.2, -0.15) is 0 Å². The van der Waals surface area contributed by atoms with Gasteiger partial charge in [0, 0.05) is 35.7 Å². The zero-order chi connectivity index (χ0) is 21.4. The molecule has 3 N–H and O–H groups in total. The van der Waals surface area contributed by atoms with Crippen molar-refractivity contribution in [3.05, 3.63) is 52.1 Å². The van der Waals surface area contributed by atoms with Gasteiger partial charge >= 0.3 is 0 Å². The van der Waals surface area contributed by atoms with Crippen LogP contribution in [0.15, 0.2) is 18.2 Å². The normalized spacial score (nSPS) is 11.2. The van der Waals surface area contributed by atoms with E-state index in [1.54, 1.807) is 12.2 Å². The Labute approximate surface area is 171 Å². The molecule has 2 amide bonds. The zero-order valence-corrected chi connectivity index (χ0v) is 17.4. The van der Waals surface area contributed by atoms with Crippen molar-refractivity contribution in [3.8, 4) is 0 Å². The van der Waals surface area contributed by atoms with E-state index in [-0.39, 0.29) is 5.91 Å². The van der Waals surface area contributed by atoms with E-state index in [1.807, 2.05) is 13.8 Å². The van der Waals surface area contributed by atoms with Gasteiger partial charge in [-0.25, -0.2) is 4.39 Å². The first-order chi connectivity index (χ1) is 13.9. The van der Waals surface area contributed by atoms with E-state index >= 15 is 0 Å². The summed E-state index contributed by atoms with van der Waals surface area (Å²) in [7, 11) is 0. The van der Waals surface area contributed by atoms with Crippen molar-refractivity contribution >= 4 is 30.2 Å². The molecule has 1 heterocycles. The molecule has 0 saturated heterocycles. The molecule has 6 nitrogen and oxygen atoms in total. The van der Waals surface area contributed by atoms with E-state index in [2.05, 4.69) is 34.4 Å². The van der Waals surface area contributed by atoms with Crippen molar-refractivity contribution in [1.29, 1.82) is 0 Å². The molecule has 0 unspecified atom stereocenters. The van der Waals surface area contributed by atoms with Gasteiger partial charge in [0.1, 0.15) is 5.82 Å². The van der Waals surface area contributed by atoms with E-state index < -0.39 is 5.82 Å². The number of nitrogens with zero attached hydrogens (tertiary/aromatic N) is 1. The highest BCUT2D eigenvalue weighted by atomic mass is 19.1. The van der Waals surface area contributed by atoms with Crippen LogP contribution >= 0.6 is 0 Å². The third-order valence-electron chi connectivity index (χ3n) is 4.97. The minimum absolute atomic E-state index is 0.114. The fraction of sp³-hybridized carbons (Fsp3) is 0.364. The molecule has 0 fully saturated rings. The van der Waals surface area contributed by atoms with Gasteiger partial charge in [0.15, 0.2) is 0 Å². The number of likely N-dealkylation sites (N-methyl/N-ethyl adjacent to an activating group) is 1. The highest BCUT2D eigenvalue weighted by molar-refractivity contribution is 5.98. The largest absolute Gasteiger partial charge is 0.358 e. The van der Waals surface area contributed by atoms with Crippen molar-refractivity contribution in [2.24, 2.45) is 0 Å². The average Bonchev–Trinajstić information content (AvgIpc) is 2.98. The summed E-state index contributed by atoms with van der Waals surface area (Å²) in [6, 6.07) is 4.13. The number of aromatic amines is 1. The summed E-state index contributed by atoms with van der Waals surface area (Å²) in [5.74, 6) is -0.508. The maximum atomic E-state index is 13.6. The zero-order valence-electron chi connectivity index (χ0n) is 17.4. The number of aromatic nitrogens is 1. The molecule has 2 rings (SSSR count). The number of carbonyl (C=O) groups is 2. The highest BCUT2D eigenvalue weighted by Gasteiger charge is 2.17. The maximum absolute atomic E-state index is 13.6. The quantitative estimate of drug-likeness (QED) is 0.534. The second-order valence-electron chi connectivity index (χ2n) is 6.77. The van der Waals surface area contributed by atoms with Gasteiger partial charge < -0.3 is 20.5 Å². The summed E-state index contributed by atoms with van der Waals surface area (Å²) in [6.07, 6.45) is 4.03. The maximum Gasteiger partial charge on any atom is 0.253 e. The predicted octanol–water partition coefficient (Wildman–Crippen LogP) is 3.58. The second kappa shape index (κ2) is 10.6. The molecule has 29 heavy (non-hydrogen) atoms. The molecule has 1 aromatic heterocycles. The van der Waals surface area contributed by atoms with E-state index in [0.29, 0.717) is 29.8 Å². The Bertz CT molecular complexity index is 885. The molecular weight excluding hydrogens is 371 g/mol. The van der Waals surface area contributed by atoms with Crippen molar-refractivity contribution in [1.82, 2.24) is 15.2 Å². The van der Waals surface area contributed by atoms with Crippen LogP contribution in [-0.2, 0) is 4.79 Å². The lowest BCUT2D eigenvalue weighted by Gasteiger charge is -2.18. The molecule has 0 bridgehead atoms. The molecule has 0 atom stereocenters. The molecule has 0 radical (unpaired) electrons. The first-order valence-electron chi connectivity index (χ1n) is 9.78. The second-order valence-corrected chi connectivity index (χ2v) is 6.77. The van der Waals surface area contributed by atoms with Crippen LogP contribution in [0.4, 0.5) is 10.1 Å². The number of rotatable bonds is 10. The third-order valence-corrected chi connectivity index (χ3v) is 4.97. The van der Waals surface area contributed by atoms with Crippen LogP contribution in [0.2, 0.25) is 0 Å². The Morgan fingerprint density at radius 2 is 1.93 bits per heavy atom. The van der Waals surface area contributed by atoms with Gasteiger partial charge in [0.25, 0.3) is 5.91 Å². The Morgan fingerprint density at radius 3 is 2.59 bits per heavy atom. The monoisotopic (exact) mass is 400 g/mol. The SMILES string of the molecule is CCN(CC)CCNC(=O)c1c(C)[nH]c(/C=C/c2cc(F)ccc2NC=O)c1C. The Kier molecular flexibility index (Phi) is 8.15. The molecule has 156 valence electrons. The van der Waals surface area contributed by atoms with Gasteiger partial charge in [-0.15, -0.1) is 0 Å². The Balaban J connectivity index is 2.17. The lowest BCUT2D eigenvalue weighted by atomic mass is 10.1. The van der Waals surface area contributed by atoms with Crippen LogP contribution in [0.1, 0.15) is 46.7 Å². The van der Waals surface area contributed by atoms with Crippen molar-refractivity contribution < 1.29 is 14.0 Å². The van der Waals surface area contributed by atoms with Crippen LogP contribution in [0.5, 0.6) is 0 Å². The highest BCUT2D eigenvalue weighted by Crippen LogP contribution is 2.23. The van der Waals surface area contributed by atoms with E-state index in [0.717, 1.165) is 36.6 Å². The fourth-order valence-corrected chi connectivity index (χ4v) is 3.28. The summed E-state index contributed by atoms with van der Waals surface area (Å²) >= 11 is 0. The molecule has 1 aromatic carbocycles. The molecule has 0 aliphatic rings. The number of benzene rings is 1. The number of aryl methyl sites for hydroxylation is 1. The topological polar surface area (TPSA) is 77.2 Å². The average molecular weight is 400 g/mol. The lowest BCUT2D eigenvalue weighted by molar-refractivity contribution is -0.105. The predicted molar refractivity (Wildman–Crippen MR) is 115 cm³/mol. The van der Waals surface area contributed by atoms with Crippen LogP contribution in [0.3, 0.4) is 0 Å². The van der Waals surface area contributed by atoms with Gasteiger partial charge in [-0.05, 0) is 56.8 Å². The van der Waals surface area contributed by atoms with Crippen LogP contribution < -0.4 is 10.6 Å². The first-order valence-corrected chi connectivity index (χ1v) is 9.78. The lowest BCUT2D eigenvalue weighted by Crippen LogP contribution is -2.35. The molecular formula is C22H29FN4O2. The summed E-state index contributed by atoms with van der Waals surface area (Å²) < 4.78 is 13.6. The number of anilines is 1. The van der Waals surface area contributed by atoms with Crippen LogP contribution in [-0.4, -0.2) is 48.4 Å². The number of carbonyl (C=O) groups excluding carboxylic acids is 2. The number of hydrogen-bond donors (Lipinski definition) is 3. The van der Waals surface area contributed by atoms with Crippen molar-refractivity contribution in [2.45, 2.75) is 27.7 Å². The summed E-state index contributed by atoms with van der Waals surface area (Å²) in [4.78, 5) is 28.8. The smallest absolute Gasteiger partial charge is 0.253 e. The molecule has 0 aliphatic heterocycles. The number of amides is 2. The number of hydrogen-bond acceptors (Lipinski definition) is 3.